The molecule has 0 saturated heterocycles. The lowest BCUT2D eigenvalue weighted by molar-refractivity contribution is -0.887. The van der Waals surface area contributed by atoms with E-state index in [1.165, 1.54) is 5.56 Å². The Labute approximate surface area is 546 Å². The van der Waals surface area contributed by atoms with Gasteiger partial charge in [-0.3, -0.25) is 4.79 Å². The average molecular weight is 1410 g/mol. The lowest BCUT2D eigenvalue weighted by Crippen LogP contribution is -3.00. The molecular weight excluding hydrogens is 1320 g/mol. The van der Waals surface area contributed by atoms with Gasteiger partial charge in [-0.05, 0) is 128 Å². The molecule has 0 heterocycles. The smallest absolute Gasteiger partial charge is 0.365 e. The zero-order chi connectivity index (χ0) is 58.3. The van der Waals surface area contributed by atoms with E-state index in [9.17, 15) is 19.2 Å². The predicted molar refractivity (Wildman–Crippen MR) is 333 cm³/mol. The molecule has 6 aromatic carbocycles. The minimum absolute atomic E-state index is 0. The van der Waals surface area contributed by atoms with Crippen molar-refractivity contribution in [2.75, 3.05) is 68.7 Å². The average Bonchev–Trinajstić information content (AvgIpc) is 3.45. The number of quaternary nitrogens is 2. The summed E-state index contributed by atoms with van der Waals surface area (Å²) < 4.78 is 29.2. The highest BCUT2D eigenvalue weighted by Crippen LogP contribution is 2.23. The zero-order valence-electron chi connectivity index (χ0n) is 49.0. The number of likely N-dealkylation sites (N-methyl/N-ethyl adjacent to an activating group) is 2. The van der Waals surface area contributed by atoms with Crippen LogP contribution in [0.4, 0.5) is 0 Å². The van der Waals surface area contributed by atoms with E-state index < -0.39 is 11.9 Å². The maximum Gasteiger partial charge on any atom is 0.365 e. The third kappa shape index (κ3) is 30.2. The Morgan fingerprint density at radius 1 is 0.482 bits per heavy atom. The predicted octanol–water partition coefficient (Wildman–Crippen LogP) is 8.35. The highest BCUT2D eigenvalue weighted by molar-refractivity contribution is 6.30. The van der Waals surface area contributed by atoms with Crippen molar-refractivity contribution in [2.24, 2.45) is 0 Å². The molecule has 1 N–H and O–H groups in total. The zero-order valence-corrected chi connectivity index (χ0v) is 54.1. The molecule has 0 aromatic heterocycles. The molecule has 16 heteroatoms. The first kappa shape index (κ1) is 77.0. The van der Waals surface area contributed by atoms with Crippen LogP contribution < -0.4 is 72.2 Å². The van der Waals surface area contributed by atoms with Gasteiger partial charge >= 0.3 is 17.9 Å². The molecule has 1 amide bonds. The highest BCUT2D eigenvalue weighted by Gasteiger charge is 2.33. The van der Waals surface area contributed by atoms with Crippen molar-refractivity contribution < 1.29 is 99.8 Å². The SMILES string of the molecule is C.C.C[N+](C)(C)C(Cc1ccccc1)C(=O)NCCCCCCCCOc1ccc(OC(=O)c2cccc(Cl)c2)cc1.C[N+](C)(C)C(Cc1ccccc1)C(=O)OCCCCCCCCOc1ccc(OC(=O)c2ccc(C#N)cc2)cc1.[I-].[I-]. The maximum absolute atomic E-state index is 12.9. The third-order valence-electron chi connectivity index (χ3n) is 13.6. The molecule has 6 aromatic rings. The van der Waals surface area contributed by atoms with Crippen LogP contribution in [0.15, 0.2) is 158 Å². The Balaban J connectivity index is 0.000000812. The van der Waals surface area contributed by atoms with Crippen LogP contribution in [0.2, 0.25) is 5.02 Å². The Hall–Kier alpha value is -6.04. The van der Waals surface area contributed by atoms with Crippen molar-refractivity contribution >= 4 is 35.4 Å². The third-order valence-corrected chi connectivity index (χ3v) is 13.8. The molecular formula is C69H91ClI2N4O9. The van der Waals surface area contributed by atoms with E-state index in [2.05, 4.69) is 50.7 Å². The summed E-state index contributed by atoms with van der Waals surface area (Å²) in [4.78, 5) is 50.1. The number of ether oxygens (including phenoxy) is 5. The number of esters is 3. The molecule has 462 valence electrons. The summed E-state index contributed by atoms with van der Waals surface area (Å²) in [5.41, 5.74) is 3.62. The van der Waals surface area contributed by atoms with Crippen molar-refractivity contribution in [1.29, 1.82) is 5.26 Å². The fourth-order valence-corrected chi connectivity index (χ4v) is 8.92. The number of nitrogens with one attached hydrogen (secondary N) is 1. The van der Waals surface area contributed by atoms with Gasteiger partial charge in [0.25, 0.3) is 5.91 Å². The van der Waals surface area contributed by atoms with E-state index >= 15 is 0 Å². The summed E-state index contributed by atoms with van der Waals surface area (Å²) in [6.45, 7) is 2.45. The molecule has 6 rings (SSSR count). The molecule has 0 aliphatic rings. The molecule has 0 bridgehead atoms. The molecule has 2 atom stereocenters. The number of nitriles is 1. The molecule has 0 aliphatic heterocycles. The summed E-state index contributed by atoms with van der Waals surface area (Å²) in [7, 11) is 12.3. The molecule has 85 heavy (non-hydrogen) atoms. The van der Waals surface area contributed by atoms with Crippen molar-refractivity contribution in [2.45, 2.75) is 117 Å². The van der Waals surface area contributed by atoms with Crippen LogP contribution in [0.3, 0.4) is 0 Å². The molecule has 13 nitrogen and oxygen atoms in total. The van der Waals surface area contributed by atoms with Crippen LogP contribution in [0, 0.1) is 11.3 Å². The number of halogens is 3. The summed E-state index contributed by atoms with van der Waals surface area (Å²) in [6, 6.07) is 49.0. The first-order chi connectivity index (χ1) is 39.0. The van der Waals surface area contributed by atoms with E-state index in [0.29, 0.717) is 68.4 Å². The first-order valence-corrected chi connectivity index (χ1v) is 28.7. The van der Waals surface area contributed by atoms with Crippen LogP contribution in [0.1, 0.15) is 129 Å². The van der Waals surface area contributed by atoms with E-state index in [4.69, 9.17) is 40.5 Å². The Bertz CT molecular complexity index is 2860. The van der Waals surface area contributed by atoms with Crippen LogP contribution in [0.5, 0.6) is 23.0 Å². The van der Waals surface area contributed by atoms with E-state index in [1.54, 1.807) is 97.1 Å². The number of benzene rings is 6. The van der Waals surface area contributed by atoms with Crippen LogP contribution >= 0.6 is 11.6 Å². The summed E-state index contributed by atoms with van der Waals surface area (Å²) in [5, 5.41) is 12.5. The highest BCUT2D eigenvalue weighted by atomic mass is 127. The second-order valence-electron chi connectivity index (χ2n) is 22.0. The maximum atomic E-state index is 12.9. The second-order valence-corrected chi connectivity index (χ2v) is 22.4. The van der Waals surface area contributed by atoms with Crippen molar-refractivity contribution in [3.05, 3.63) is 191 Å². The van der Waals surface area contributed by atoms with Gasteiger partial charge in [0, 0.05) is 24.4 Å². The molecule has 0 saturated carbocycles. The van der Waals surface area contributed by atoms with Gasteiger partial charge in [-0.2, -0.15) is 5.26 Å². The second kappa shape index (κ2) is 41.9. The van der Waals surface area contributed by atoms with Crippen molar-refractivity contribution in [3.8, 4) is 29.1 Å². The summed E-state index contributed by atoms with van der Waals surface area (Å²) in [6.07, 6.45) is 14.0. The minimum Gasteiger partial charge on any atom is -1.00 e. The van der Waals surface area contributed by atoms with Crippen LogP contribution in [-0.2, 0) is 27.2 Å². The van der Waals surface area contributed by atoms with E-state index in [0.717, 1.165) is 107 Å². The monoisotopic (exact) mass is 1410 g/mol. The Morgan fingerprint density at radius 3 is 1.34 bits per heavy atom. The van der Waals surface area contributed by atoms with Gasteiger partial charge in [0.1, 0.15) is 23.0 Å². The van der Waals surface area contributed by atoms with Crippen LogP contribution in [0.25, 0.3) is 0 Å². The largest absolute Gasteiger partial charge is 1.00 e. The number of unbranched alkanes of at least 4 members (excludes halogenated alkanes) is 10. The first-order valence-electron chi connectivity index (χ1n) is 28.3. The number of carbonyl (C=O) groups excluding carboxylic acids is 4. The normalized spacial score (nSPS) is 11.3. The molecule has 0 aliphatic carbocycles. The van der Waals surface area contributed by atoms with E-state index in [-0.39, 0.29) is 86.8 Å². The molecule has 0 radical (unpaired) electrons. The van der Waals surface area contributed by atoms with E-state index in [1.807, 2.05) is 63.6 Å². The lowest BCUT2D eigenvalue weighted by Gasteiger charge is -2.33. The lowest BCUT2D eigenvalue weighted by atomic mass is 10.0. The van der Waals surface area contributed by atoms with Gasteiger partial charge in [-0.1, -0.05) is 145 Å². The number of carbonyl (C=O) groups is 4. The minimum atomic E-state index is -0.474. The summed E-state index contributed by atoms with van der Waals surface area (Å²) >= 11 is 5.94. The molecule has 0 spiro atoms. The number of hydrogen-bond donors (Lipinski definition) is 1. The quantitative estimate of drug-likeness (QED) is 0.0144. The van der Waals surface area contributed by atoms with Crippen molar-refractivity contribution in [1.82, 2.24) is 5.32 Å². The topological polar surface area (TPSA) is 150 Å². The van der Waals surface area contributed by atoms with Gasteiger partial charge < -0.3 is 85.9 Å². The molecule has 0 fully saturated rings. The van der Waals surface area contributed by atoms with Crippen molar-refractivity contribution in [3.63, 3.8) is 0 Å². The number of hydrogen-bond acceptors (Lipinski definition) is 10. The Kier molecular flexibility index (Phi) is 38.0. The van der Waals surface area contributed by atoms with Crippen LogP contribution in [-0.4, -0.2) is 114 Å². The number of nitrogens with zero attached hydrogens (tertiary/aromatic N) is 3. The fraction of sp³-hybridized carbons (Fsp3) is 0.406. The summed E-state index contributed by atoms with van der Waals surface area (Å²) in [5.74, 6) is 1.44. The number of amides is 1. The standard InChI is InChI=1S/C34H41N2O5.C33H41ClN2O4.2CH4.2HI/c1-36(2,3)32(25-27-13-9-8-10-14-27)34(38)40-24-12-7-5-4-6-11-23-39-30-19-21-31(22-20-30)41-33(37)29-17-15-28(26-35)16-18-29;1-36(2,3)31(24-26-14-9-8-10-15-26)32(37)35-22-11-6-4-5-7-12-23-39-29-18-20-30(21-19-29)40-33(38)27-16-13-17-28(34)25-27;;;;/h8-10,13-22,32H,4-7,11-12,23-25H2,1-3H3;8-10,13-21,25,31H,4-7,11-12,22-24H2,1-3H3;2*1H4;2*1H/q+1;;;;;/p-1. The van der Waals surface area contributed by atoms with Gasteiger partial charge in [-0.25, -0.2) is 14.4 Å². The van der Waals surface area contributed by atoms with Gasteiger partial charge in [0.05, 0.1) is 84.9 Å². The van der Waals surface area contributed by atoms with Gasteiger partial charge in [-0.15, -0.1) is 0 Å². The fourth-order valence-electron chi connectivity index (χ4n) is 8.73. The Morgan fingerprint density at radius 2 is 0.894 bits per heavy atom. The van der Waals surface area contributed by atoms with Gasteiger partial charge in [0.15, 0.2) is 12.1 Å². The molecule has 2 unspecified atom stereocenters. The van der Waals surface area contributed by atoms with Gasteiger partial charge in [0.2, 0.25) is 0 Å². The number of rotatable bonds is 32.